The van der Waals surface area contributed by atoms with E-state index in [4.69, 9.17) is 0 Å². The van der Waals surface area contributed by atoms with Crippen LogP contribution in [0.2, 0.25) is 0 Å². The van der Waals surface area contributed by atoms with Crippen LogP contribution in [0, 0.1) is 0 Å². The zero-order chi connectivity index (χ0) is 9.42. The molecule has 1 aliphatic carbocycles. The Labute approximate surface area is 104 Å². The van der Waals surface area contributed by atoms with Crippen LogP contribution < -0.4 is 29.6 Å². The molecule has 0 aromatic heterocycles. The standard InChI is InChI=1S/C11H8O2.Na/c1-7-6-10(12)8-4-2-3-5-9(8)11(7)13;/h2-6H,1H3;/q;+1. The molecule has 0 heterocycles. The molecule has 64 valence electrons. The summed E-state index contributed by atoms with van der Waals surface area (Å²) in [6, 6.07) is 6.89. The molecule has 0 atom stereocenters. The van der Waals surface area contributed by atoms with Gasteiger partial charge in [-0.1, -0.05) is 24.3 Å². The molecule has 0 saturated heterocycles. The van der Waals surface area contributed by atoms with E-state index in [2.05, 4.69) is 0 Å². The molecule has 0 unspecified atom stereocenters. The molecule has 0 bridgehead atoms. The summed E-state index contributed by atoms with van der Waals surface area (Å²) in [5, 5.41) is 0. The van der Waals surface area contributed by atoms with E-state index in [1.807, 2.05) is 0 Å². The minimum atomic E-state index is -0.0762. The van der Waals surface area contributed by atoms with Gasteiger partial charge in [-0.3, -0.25) is 9.59 Å². The van der Waals surface area contributed by atoms with E-state index in [0.717, 1.165) is 0 Å². The van der Waals surface area contributed by atoms with E-state index in [1.165, 1.54) is 6.08 Å². The number of ketones is 2. The second-order valence-electron chi connectivity index (χ2n) is 3.07. The summed E-state index contributed by atoms with van der Waals surface area (Å²) in [6.45, 7) is 1.66. The van der Waals surface area contributed by atoms with Crippen LogP contribution in [0.5, 0.6) is 0 Å². The first-order chi connectivity index (χ1) is 6.20. The molecule has 0 radical (unpaired) electrons. The molecule has 2 nitrogen and oxygen atoms in total. The second kappa shape index (κ2) is 4.22. The van der Waals surface area contributed by atoms with Gasteiger partial charge in [0, 0.05) is 16.7 Å². The first-order valence-corrected chi connectivity index (χ1v) is 4.06. The molecular formula is C11H8NaO2+. The molecule has 0 N–H and O–H groups in total. The van der Waals surface area contributed by atoms with Gasteiger partial charge >= 0.3 is 29.6 Å². The number of fused-ring (bicyclic) bond motifs is 1. The van der Waals surface area contributed by atoms with Gasteiger partial charge in [0.1, 0.15) is 0 Å². The van der Waals surface area contributed by atoms with Gasteiger partial charge in [0.25, 0.3) is 0 Å². The van der Waals surface area contributed by atoms with E-state index in [1.54, 1.807) is 31.2 Å². The van der Waals surface area contributed by atoms with Crippen LogP contribution in [0.15, 0.2) is 35.9 Å². The van der Waals surface area contributed by atoms with Crippen LogP contribution in [-0.4, -0.2) is 11.6 Å². The topological polar surface area (TPSA) is 34.1 Å². The van der Waals surface area contributed by atoms with Crippen molar-refractivity contribution in [1.82, 2.24) is 0 Å². The molecule has 0 saturated carbocycles. The Morgan fingerprint density at radius 3 is 2.21 bits per heavy atom. The number of hydrogen-bond acceptors (Lipinski definition) is 2. The van der Waals surface area contributed by atoms with Crippen molar-refractivity contribution in [2.24, 2.45) is 0 Å². The Balaban J connectivity index is 0.000000980. The maximum atomic E-state index is 11.5. The first-order valence-electron chi connectivity index (χ1n) is 4.06. The molecule has 0 spiro atoms. The van der Waals surface area contributed by atoms with Crippen LogP contribution in [0.25, 0.3) is 0 Å². The quantitative estimate of drug-likeness (QED) is 0.498. The molecule has 1 aromatic rings. The summed E-state index contributed by atoms with van der Waals surface area (Å²) in [6.07, 6.45) is 1.39. The summed E-state index contributed by atoms with van der Waals surface area (Å²) >= 11 is 0. The van der Waals surface area contributed by atoms with Crippen molar-refractivity contribution in [2.75, 3.05) is 0 Å². The molecular weight excluding hydrogens is 187 g/mol. The van der Waals surface area contributed by atoms with Crippen molar-refractivity contribution in [3.63, 3.8) is 0 Å². The fraction of sp³-hybridized carbons (Fsp3) is 0.0909. The van der Waals surface area contributed by atoms with E-state index >= 15 is 0 Å². The van der Waals surface area contributed by atoms with E-state index in [9.17, 15) is 9.59 Å². The van der Waals surface area contributed by atoms with Crippen molar-refractivity contribution in [1.29, 1.82) is 0 Å². The number of hydrogen-bond donors (Lipinski definition) is 0. The number of rotatable bonds is 0. The smallest absolute Gasteiger partial charge is 0.289 e. The Hall–Kier alpha value is -0.700. The maximum Gasteiger partial charge on any atom is 1.00 e. The zero-order valence-electron chi connectivity index (χ0n) is 8.20. The van der Waals surface area contributed by atoms with Crippen molar-refractivity contribution < 1.29 is 39.1 Å². The summed E-state index contributed by atoms with van der Waals surface area (Å²) in [7, 11) is 0. The molecule has 0 aliphatic heterocycles. The van der Waals surface area contributed by atoms with Crippen molar-refractivity contribution >= 4 is 11.6 Å². The van der Waals surface area contributed by atoms with Gasteiger partial charge < -0.3 is 0 Å². The van der Waals surface area contributed by atoms with Crippen molar-refractivity contribution in [3.8, 4) is 0 Å². The summed E-state index contributed by atoms with van der Waals surface area (Å²) in [5.74, 6) is -0.122. The van der Waals surface area contributed by atoms with Gasteiger partial charge in [-0.2, -0.15) is 0 Å². The van der Waals surface area contributed by atoms with Gasteiger partial charge in [0.15, 0.2) is 11.6 Å². The van der Waals surface area contributed by atoms with Gasteiger partial charge in [-0.05, 0) is 13.0 Å². The molecule has 3 heteroatoms. The maximum absolute atomic E-state index is 11.5. The van der Waals surface area contributed by atoms with E-state index < -0.39 is 0 Å². The van der Waals surface area contributed by atoms with Crippen LogP contribution >= 0.6 is 0 Å². The Bertz CT molecular complexity index is 433. The fourth-order valence-electron chi connectivity index (χ4n) is 1.45. The predicted octanol–water partition coefficient (Wildman–Crippen LogP) is -0.984. The van der Waals surface area contributed by atoms with Gasteiger partial charge in [0.05, 0.1) is 0 Å². The Kier molecular flexibility index (Phi) is 3.43. The van der Waals surface area contributed by atoms with Crippen LogP contribution in [-0.2, 0) is 0 Å². The number of carbonyl (C=O) groups is 2. The van der Waals surface area contributed by atoms with Crippen molar-refractivity contribution in [3.05, 3.63) is 47.0 Å². The Morgan fingerprint density at radius 1 is 1.00 bits per heavy atom. The van der Waals surface area contributed by atoms with Crippen LogP contribution in [0.4, 0.5) is 0 Å². The largest absolute Gasteiger partial charge is 1.00 e. The van der Waals surface area contributed by atoms with Crippen molar-refractivity contribution in [2.45, 2.75) is 6.92 Å². The molecule has 1 aromatic carbocycles. The van der Waals surface area contributed by atoms with Gasteiger partial charge in [0.2, 0.25) is 0 Å². The minimum absolute atomic E-state index is 0. The van der Waals surface area contributed by atoms with Gasteiger partial charge in [-0.25, -0.2) is 0 Å². The third-order valence-electron chi connectivity index (χ3n) is 2.14. The third kappa shape index (κ3) is 1.73. The summed E-state index contributed by atoms with van der Waals surface area (Å²) < 4.78 is 0. The molecule has 1 aliphatic rings. The van der Waals surface area contributed by atoms with Crippen LogP contribution in [0.1, 0.15) is 27.6 Å². The number of allylic oxidation sites excluding steroid dienone is 2. The summed E-state index contributed by atoms with van der Waals surface area (Å²) in [4.78, 5) is 23.0. The SMILES string of the molecule is CC1=CC(=O)c2ccccc2C1=O.[Na+]. The molecule has 2 rings (SSSR count). The number of Topliss-reactive ketones (excluding diaryl/α,β-unsaturated/α-hetero) is 1. The fourth-order valence-corrected chi connectivity index (χ4v) is 1.45. The van der Waals surface area contributed by atoms with Gasteiger partial charge in [-0.15, -0.1) is 0 Å². The predicted molar refractivity (Wildman–Crippen MR) is 48.9 cm³/mol. The third-order valence-corrected chi connectivity index (χ3v) is 2.14. The molecule has 0 amide bonds. The molecule has 14 heavy (non-hydrogen) atoms. The Morgan fingerprint density at radius 2 is 1.57 bits per heavy atom. The number of benzene rings is 1. The minimum Gasteiger partial charge on any atom is -0.289 e. The summed E-state index contributed by atoms with van der Waals surface area (Å²) in [5.41, 5.74) is 1.55. The normalized spacial score (nSPS) is 14.2. The average molecular weight is 195 g/mol. The zero-order valence-corrected chi connectivity index (χ0v) is 10.2. The second-order valence-corrected chi connectivity index (χ2v) is 3.07. The number of carbonyl (C=O) groups excluding carboxylic acids is 2. The average Bonchev–Trinajstić information content (AvgIpc) is 2.15. The van der Waals surface area contributed by atoms with E-state index in [0.29, 0.717) is 16.7 Å². The monoisotopic (exact) mass is 195 g/mol. The van der Waals surface area contributed by atoms with E-state index in [-0.39, 0.29) is 41.1 Å². The van der Waals surface area contributed by atoms with Crippen LogP contribution in [0.3, 0.4) is 0 Å². The molecule has 0 fully saturated rings. The first kappa shape index (κ1) is 11.4.